The summed E-state index contributed by atoms with van der Waals surface area (Å²) in [4.78, 5) is 3.96. The van der Waals surface area contributed by atoms with Gasteiger partial charge >= 0.3 is 0 Å². The molecule has 5 atom stereocenters. The smallest absolute Gasteiger partial charge is 0.159 e. The molecular weight excluding hydrogens is 219 g/mol. The number of nitrogens with zero attached hydrogens (tertiary/aromatic N) is 1. The van der Waals surface area contributed by atoms with E-state index in [0.717, 1.165) is 0 Å². The Bertz CT molecular complexity index is 277. The maximum absolute atomic E-state index is 13.8. The Hall–Kier alpha value is -0.330. The van der Waals surface area contributed by atoms with Gasteiger partial charge in [-0.25, -0.2) is 4.39 Å². The maximum atomic E-state index is 13.8. The van der Waals surface area contributed by atoms with Gasteiger partial charge in [0.25, 0.3) is 0 Å². The standard InChI is InChI=1S/C9H15FN2O2S/c1-3-4-7(13)5(10)6-8(14-4)15-9(11-2)12-6/h4-8,13H,3H2,1-2H3,(H,11,12)/t4-,5-,6-,7-,8-/m1/s1. The molecule has 2 aliphatic rings. The Morgan fingerprint density at radius 2 is 2.40 bits per heavy atom. The average molecular weight is 234 g/mol. The van der Waals surface area contributed by atoms with Gasteiger partial charge in [0.05, 0.1) is 12.1 Å². The number of halogens is 1. The fourth-order valence-corrected chi connectivity index (χ4v) is 2.99. The van der Waals surface area contributed by atoms with Gasteiger partial charge in [-0.2, -0.15) is 0 Å². The molecule has 0 bridgehead atoms. The Morgan fingerprint density at radius 3 is 3.00 bits per heavy atom. The highest BCUT2D eigenvalue weighted by Crippen LogP contribution is 2.35. The van der Waals surface area contributed by atoms with Crippen LogP contribution in [0.25, 0.3) is 0 Å². The summed E-state index contributed by atoms with van der Waals surface area (Å²) in [6, 6.07) is -0.480. The van der Waals surface area contributed by atoms with Gasteiger partial charge in [0.1, 0.15) is 11.5 Å². The average Bonchev–Trinajstić information content (AvgIpc) is 2.66. The van der Waals surface area contributed by atoms with Gasteiger partial charge in [-0.15, -0.1) is 0 Å². The first-order valence-electron chi connectivity index (χ1n) is 5.05. The lowest BCUT2D eigenvalue weighted by molar-refractivity contribution is -0.134. The first-order chi connectivity index (χ1) is 7.17. The summed E-state index contributed by atoms with van der Waals surface area (Å²) in [6.07, 6.45) is -2.13. The normalized spacial score (nSPS) is 47.7. The summed E-state index contributed by atoms with van der Waals surface area (Å²) in [6.45, 7) is 1.88. The lowest BCUT2D eigenvalue weighted by Crippen LogP contribution is -2.56. The monoisotopic (exact) mass is 234 g/mol. The second-order valence-corrected chi connectivity index (χ2v) is 4.79. The van der Waals surface area contributed by atoms with Gasteiger partial charge in [-0.1, -0.05) is 18.7 Å². The van der Waals surface area contributed by atoms with Crippen LogP contribution in [0.4, 0.5) is 4.39 Å². The van der Waals surface area contributed by atoms with Crippen molar-refractivity contribution in [3.8, 4) is 0 Å². The number of aliphatic hydroxyl groups excluding tert-OH is 1. The molecule has 86 valence electrons. The number of thioether (sulfide) groups is 1. The fraction of sp³-hybridized carbons (Fsp3) is 0.889. The molecule has 2 saturated heterocycles. The van der Waals surface area contributed by atoms with Crippen molar-refractivity contribution < 1.29 is 14.2 Å². The van der Waals surface area contributed by atoms with E-state index in [-0.39, 0.29) is 5.44 Å². The van der Waals surface area contributed by atoms with Crippen molar-refractivity contribution >= 4 is 16.9 Å². The molecule has 2 N–H and O–H groups in total. The molecule has 0 aromatic carbocycles. The SMILES string of the molecule is CC[C@H]1O[C@@H]2SC(=NC)N[C@@H]2[C@@H](F)[C@@H]1O. The third-order valence-corrected chi connectivity index (χ3v) is 3.94. The second kappa shape index (κ2) is 4.27. The van der Waals surface area contributed by atoms with E-state index in [2.05, 4.69) is 10.3 Å². The molecule has 4 nitrogen and oxygen atoms in total. The number of aliphatic imine (C=N–C) groups is 1. The number of alkyl halides is 1. The van der Waals surface area contributed by atoms with Crippen molar-refractivity contribution in [2.75, 3.05) is 7.05 Å². The van der Waals surface area contributed by atoms with Crippen LogP contribution in [0.1, 0.15) is 13.3 Å². The number of hydrogen-bond donors (Lipinski definition) is 2. The van der Waals surface area contributed by atoms with Crippen molar-refractivity contribution in [3.05, 3.63) is 0 Å². The number of rotatable bonds is 1. The Kier molecular flexibility index (Phi) is 3.18. The molecule has 2 aliphatic heterocycles. The minimum absolute atomic E-state index is 0.271. The second-order valence-electron chi connectivity index (χ2n) is 3.70. The van der Waals surface area contributed by atoms with E-state index in [4.69, 9.17) is 4.74 Å². The lowest BCUT2D eigenvalue weighted by atomic mass is 9.98. The van der Waals surface area contributed by atoms with E-state index in [1.54, 1.807) is 7.05 Å². The summed E-state index contributed by atoms with van der Waals surface area (Å²) < 4.78 is 19.4. The third kappa shape index (κ3) is 1.86. The topological polar surface area (TPSA) is 53.8 Å². The Labute approximate surface area is 92.3 Å². The Morgan fingerprint density at radius 1 is 1.67 bits per heavy atom. The molecule has 0 aromatic heterocycles. The molecule has 0 saturated carbocycles. The molecular formula is C9H15FN2O2S. The van der Waals surface area contributed by atoms with Crippen molar-refractivity contribution in [1.29, 1.82) is 0 Å². The van der Waals surface area contributed by atoms with Crippen LogP contribution < -0.4 is 5.32 Å². The molecule has 2 heterocycles. The van der Waals surface area contributed by atoms with Crippen LogP contribution in [-0.4, -0.2) is 47.2 Å². The minimum atomic E-state index is -1.29. The van der Waals surface area contributed by atoms with Gasteiger partial charge in [-0.3, -0.25) is 4.99 Å². The zero-order valence-corrected chi connectivity index (χ0v) is 9.50. The first-order valence-corrected chi connectivity index (χ1v) is 5.93. The third-order valence-electron chi connectivity index (χ3n) is 2.78. The predicted molar refractivity (Wildman–Crippen MR) is 57.7 cm³/mol. The van der Waals surface area contributed by atoms with E-state index >= 15 is 0 Å². The van der Waals surface area contributed by atoms with Gasteiger partial charge in [0.15, 0.2) is 11.3 Å². The molecule has 0 aromatic rings. The zero-order chi connectivity index (χ0) is 11.0. The largest absolute Gasteiger partial charge is 0.387 e. The van der Waals surface area contributed by atoms with Crippen molar-refractivity contribution in [2.45, 2.75) is 43.2 Å². The van der Waals surface area contributed by atoms with E-state index in [0.29, 0.717) is 11.6 Å². The molecule has 0 unspecified atom stereocenters. The summed E-state index contributed by atoms with van der Waals surface area (Å²) in [5.74, 6) is 0. The molecule has 2 fully saturated rings. The minimum Gasteiger partial charge on any atom is -0.387 e. The first kappa shape index (κ1) is 11.2. The number of nitrogens with one attached hydrogen (secondary N) is 1. The van der Waals surface area contributed by atoms with Gasteiger partial charge < -0.3 is 15.2 Å². The van der Waals surface area contributed by atoms with Crippen LogP contribution in [0.3, 0.4) is 0 Å². The Balaban J connectivity index is 2.13. The molecule has 2 rings (SSSR count). The van der Waals surface area contributed by atoms with Crippen LogP contribution in [-0.2, 0) is 4.74 Å². The van der Waals surface area contributed by atoms with Crippen LogP contribution in [0.15, 0.2) is 4.99 Å². The lowest BCUT2D eigenvalue weighted by Gasteiger charge is -2.37. The van der Waals surface area contributed by atoms with Crippen LogP contribution in [0.2, 0.25) is 0 Å². The van der Waals surface area contributed by atoms with Gasteiger partial charge in [0.2, 0.25) is 0 Å². The number of amidine groups is 1. The van der Waals surface area contributed by atoms with Crippen molar-refractivity contribution in [3.63, 3.8) is 0 Å². The summed E-state index contributed by atoms with van der Waals surface area (Å²) >= 11 is 1.39. The quantitative estimate of drug-likeness (QED) is 0.694. The summed E-state index contributed by atoms with van der Waals surface area (Å²) in [7, 11) is 1.65. The summed E-state index contributed by atoms with van der Waals surface area (Å²) in [5, 5.41) is 13.3. The zero-order valence-electron chi connectivity index (χ0n) is 8.68. The molecule has 15 heavy (non-hydrogen) atoms. The van der Waals surface area contributed by atoms with Crippen molar-refractivity contribution in [2.24, 2.45) is 4.99 Å². The number of ether oxygens (including phenoxy) is 1. The summed E-state index contributed by atoms with van der Waals surface area (Å²) in [5.41, 5.74) is -0.271. The highest BCUT2D eigenvalue weighted by atomic mass is 32.2. The van der Waals surface area contributed by atoms with Crippen LogP contribution >= 0.6 is 11.8 Å². The fourth-order valence-electron chi connectivity index (χ4n) is 1.90. The molecule has 0 radical (unpaired) electrons. The van der Waals surface area contributed by atoms with Crippen LogP contribution in [0, 0.1) is 0 Å². The maximum Gasteiger partial charge on any atom is 0.159 e. The number of fused-ring (bicyclic) bond motifs is 1. The molecule has 0 spiro atoms. The van der Waals surface area contributed by atoms with E-state index in [1.807, 2.05) is 6.92 Å². The van der Waals surface area contributed by atoms with E-state index < -0.39 is 24.4 Å². The molecule has 0 aliphatic carbocycles. The predicted octanol–water partition coefficient (Wildman–Crippen LogP) is 0.511. The highest BCUT2D eigenvalue weighted by molar-refractivity contribution is 8.14. The van der Waals surface area contributed by atoms with Crippen LogP contribution in [0.5, 0.6) is 0 Å². The van der Waals surface area contributed by atoms with Gasteiger partial charge in [0, 0.05) is 7.05 Å². The van der Waals surface area contributed by atoms with Gasteiger partial charge in [-0.05, 0) is 6.42 Å². The highest BCUT2D eigenvalue weighted by Gasteiger charge is 2.49. The molecule has 0 amide bonds. The number of aliphatic hydroxyl groups is 1. The van der Waals surface area contributed by atoms with E-state index in [9.17, 15) is 9.50 Å². The van der Waals surface area contributed by atoms with E-state index in [1.165, 1.54) is 11.8 Å². The molecule has 6 heteroatoms. The van der Waals surface area contributed by atoms with Crippen molar-refractivity contribution in [1.82, 2.24) is 5.32 Å². The number of hydrogen-bond acceptors (Lipinski definition) is 4.